The van der Waals surface area contributed by atoms with Gasteiger partial charge in [-0.25, -0.2) is 5.43 Å². The summed E-state index contributed by atoms with van der Waals surface area (Å²) in [5.74, 6) is 0.823. The Kier molecular flexibility index (Phi) is 4.88. The van der Waals surface area contributed by atoms with Crippen molar-refractivity contribution in [2.24, 2.45) is 5.10 Å². The van der Waals surface area contributed by atoms with E-state index in [1.165, 1.54) is 18.3 Å². The Bertz CT molecular complexity index is 679. The molecule has 0 saturated heterocycles. The van der Waals surface area contributed by atoms with E-state index in [1.54, 1.807) is 32.0 Å². The predicted octanol–water partition coefficient (Wildman–Crippen LogP) is 3.26. The smallest absolute Gasteiger partial charge is 0.387 e. The maximum absolute atomic E-state index is 12.0. The summed E-state index contributed by atoms with van der Waals surface area (Å²) in [6.45, 7) is 0.573. The van der Waals surface area contributed by atoms with Gasteiger partial charge in [-0.05, 0) is 49.7 Å². The quantitative estimate of drug-likeness (QED) is 0.681. The maximum Gasteiger partial charge on any atom is 0.387 e. The number of hydrazone groups is 1. The van der Waals surface area contributed by atoms with Gasteiger partial charge in [0.25, 0.3) is 5.91 Å². The summed E-state index contributed by atoms with van der Waals surface area (Å²) >= 11 is 0. The highest BCUT2D eigenvalue weighted by molar-refractivity contribution is 5.95. The fraction of sp³-hybridized carbons (Fsp3) is 0.200. The molecule has 1 aromatic carbocycles. The molecule has 0 aliphatic heterocycles. The minimum absolute atomic E-state index is 0.0562. The minimum atomic E-state index is -2.86. The fourth-order valence-corrected chi connectivity index (χ4v) is 1.82. The van der Waals surface area contributed by atoms with Gasteiger partial charge < -0.3 is 9.15 Å². The first-order chi connectivity index (χ1) is 10.5. The number of carbonyl (C=O) groups excluding carboxylic acids is 1. The molecule has 1 N–H and O–H groups in total. The van der Waals surface area contributed by atoms with Gasteiger partial charge in [0.15, 0.2) is 0 Å². The molecule has 0 spiro atoms. The summed E-state index contributed by atoms with van der Waals surface area (Å²) < 4.78 is 33.5. The van der Waals surface area contributed by atoms with Crippen molar-refractivity contribution in [2.75, 3.05) is 0 Å². The summed E-state index contributed by atoms with van der Waals surface area (Å²) in [4.78, 5) is 11.9. The van der Waals surface area contributed by atoms with E-state index in [0.717, 1.165) is 0 Å². The minimum Gasteiger partial charge on any atom is -0.466 e. The Hall–Kier alpha value is -2.70. The van der Waals surface area contributed by atoms with E-state index in [0.29, 0.717) is 22.6 Å². The summed E-state index contributed by atoms with van der Waals surface area (Å²) in [5, 5.41) is 3.80. The van der Waals surface area contributed by atoms with Gasteiger partial charge in [0.1, 0.15) is 17.3 Å². The molecule has 0 radical (unpaired) electrons. The second kappa shape index (κ2) is 6.84. The van der Waals surface area contributed by atoms with Crippen molar-refractivity contribution in [1.29, 1.82) is 0 Å². The van der Waals surface area contributed by atoms with Crippen LogP contribution in [0.5, 0.6) is 5.75 Å². The lowest BCUT2D eigenvalue weighted by Crippen LogP contribution is -2.17. The number of aryl methyl sites for hydroxylation is 2. The second-order valence-corrected chi connectivity index (χ2v) is 4.47. The molecule has 0 saturated carbocycles. The number of rotatable bonds is 5. The molecular formula is C15H14F2N2O3. The van der Waals surface area contributed by atoms with Crippen molar-refractivity contribution in [3.63, 3.8) is 0 Å². The average molecular weight is 308 g/mol. The maximum atomic E-state index is 12.0. The van der Waals surface area contributed by atoms with Crippen LogP contribution < -0.4 is 10.2 Å². The monoisotopic (exact) mass is 308 g/mol. The standard InChI is InChI=1S/C15H14F2N2O3/c1-9-7-13(10(2)21-9)14(20)19-18-8-11-3-5-12(6-4-11)22-15(16)17/h3-8,15H,1-2H3,(H,19,20)/b18-8-. The Labute approximate surface area is 125 Å². The van der Waals surface area contributed by atoms with Crippen molar-refractivity contribution in [3.8, 4) is 5.75 Å². The fourth-order valence-electron chi connectivity index (χ4n) is 1.82. The van der Waals surface area contributed by atoms with Crippen LogP contribution in [0.3, 0.4) is 0 Å². The van der Waals surface area contributed by atoms with E-state index >= 15 is 0 Å². The highest BCUT2D eigenvalue weighted by atomic mass is 19.3. The molecule has 0 fully saturated rings. The molecule has 0 aliphatic rings. The van der Waals surface area contributed by atoms with Crippen molar-refractivity contribution >= 4 is 12.1 Å². The molecule has 116 valence electrons. The third-order valence-electron chi connectivity index (χ3n) is 2.77. The lowest BCUT2D eigenvalue weighted by molar-refractivity contribution is -0.0498. The van der Waals surface area contributed by atoms with Gasteiger partial charge in [-0.1, -0.05) is 0 Å². The summed E-state index contributed by atoms with van der Waals surface area (Å²) in [6, 6.07) is 7.48. The zero-order chi connectivity index (χ0) is 16.1. The van der Waals surface area contributed by atoms with Crippen LogP contribution in [0.25, 0.3) is 0 Å². The summed E-state index contributed by atoms with van der Waals surface area (Å²) in [5.41, 5.74) is 3.41. The SMILES string of the molecule is Cc1cc(C(=O)N/N=C\c2ccc(OC(F)F)cc2)c(C)o1. The molecule has 2 aromatic rings. The van der Waals surface area contributed by atoms with Gasteiger partial charge in [0, 0.05) is 0 Å². The topological polar surface area (TPSA) is 63.8 Å². The molecule has 1 heterocycles. The molecule has 0 bridgehead atoms. The first kappa shape index (κ1) is 15.7. The number of hydrogen-bond acceptors (Lipinski definition) is 4. The van der Waals surface area contributed by atoms with Crippen LogP contribution in [0.2, 0.25) is 0 Å². The van der Waals surface area contributed by atoms with Crippen LogP contribution in [0, 0.1) is 13.8 Å². The van der Waals surface area contributed by atoms with Crippen LogP contribution >= 0.6 is 0 Å². The third-order valence-corrected chi connectivity index (χ3v) is 2.77. The highest BCUT2D eigenvalue weighted by Gasteiger charge is 2.12. The Morgan fingerprint density at radius 2 is 2.00 bits per heavy atom. The van der Waals surface area contributed by atoms with Crippen LogP contribution in [-0.4, -0.2) is 18.7 Å². The van der Waals surface area contributed by atoms with Gasteiger partial charge in [0.2, 0.25) is 0 Å². The molecule has 0 atom stereocenters. The largest absolute Gasteiger partial charge is 0.466 e. The van der Waals surface area contributed by atoms with Gasteiger partial charge in [0.05, 0.1) is 11.8 Å². The van der Waals surface area contributed by atoms with E-state index in [2.05, 4.69) is 15.3 Å². The highest BCUT2D eigenvalue weighted by Crippen LogP contribution is 2.14. The number of furan rings is 1. The number of nitrogens with zero attached hydrogens (tertiary/aromatic N) is 1. The van der Waals surface area contributed by atoms with Crippen molar-refractivity contribution in [1.82, 2.24) is 5.43 Å². The van der Waals surface area contributed by atoms with E-state index < -0.39 is 6.61 Å². The van der Waals surface area contributed by atoms with Gasteiger partial charge >= 0.3 is 6.61 Å². The molecule has 0 aliphatic carbocycles. The van der Waals surface area contributed by atoms with E-state index in [-0.39, 0.29) is 11.7 Å². The zero-order valence-corrected chi connectivity index (χ0v) is 12.0. The molecule has 2 rings (SSSR count). The third kappa shape index (κ3) is 4.15. The molecule has 5 nitrogen and oxygen atoms in total. The zero-order valence-electron chi connectivity index (χ0n) is 12.0. The lowest BCUT2D eigenvalue weighted by atomic mass is 10.2. The number of amides is 1. The number of carbonyl (C=O) groups is 1. The van der Waals surface area contributed by atoms with Crippen molar-refractivity contribution < 1.29 is 22.7 Å². The summed E-state index contributed by atoms with van der Waals surface area (Å²) in [7, 11) is 0. The number of nitrogens with one attached hydrogen (secondary N) is 1. The van der Waals surface area contributed by atoms with Gasteiger partial charge in [-0.15, -0.1) is 0 Å². The average Bonchev–Trinajstić information content (AvgIpc) is 2.79. The molecule has 1 aromatic heterocycles. The van der Waals surface area contributed by atoms with E-state index in [1.807, 2.05) is 0 Å². The molecule has 22 heavy (non-hydrogen) atoms. The van der Waals surface area contributed by atoms with Gasteiger partial charge in [-0.3, -0.25) is 4.79 Å². The number of halogens is 2. The van der Waals surface area contributed by atoms with Crippen molar-refractivity contribution in [2.45, 2.75) is 20.5 Å². The number of benzene rings is 1. The van der Waals surface area contributed by atoms with E-state index in [9.17, 15) is 13.6 Å². The lowest BCUT2D eigenvalue weighted by Gasteiger charge is -2.03. The van der Waals surface area contributed by atoms with Crippen LogP contribution in [-0.2, 0) is 0 Å². The molecule has 7 heteroatoms. The summed E-state index contributed by atoms with van der Waals surface area (Å²) in [6.07, 6.45) is 1.40. The Morgan fingerprint density at radius 1 is 1.32 bits per heavy atom. The normalized spacial score (nSPS) is 11.1. The number of hydrogen-bond donors (Lipinski definition) is 1. The van der Waals surface area contributed by atoms with E-state index in [4.69, 9.17) is 4.42 Å². The second-order valence-electron chi connectivity index (χ2n) is 4.47. The number of alkyl halides is 2. The Balaban J connectivity index is 1.94. The van der Waals surface area contributed by atoms with Crippen molar-refractivity contribution in [3.05, 3.63) is 53.0 Å². The van der Waals surface area contributed by atoms with Crippen LogP contribution in [0.4, 0.5) is 8.78 Å². The van der Waals surface area contributed by atoms with Crippen LogP contribution in [0.1, 0.15) is 27.4 Å². The number of ether oxygens (including phenoxy) is 1. The first-order valence-corrected chi connectivity index (χ1v) is 6.41. The van der Waals surface area contributed by atoms with Crippen LogP contribution in [0.15, 0.2) is 39.9 Å². The predicted molar refractivity (Wildman–Crippen MR) is 76.3 cm³/mol. The first-order valence-electron chi connectivity index (χ1n) is 6.41. The van der Waals surface area contributed by atoms with Gasteiger partial charge in [-0.2, -0.15) is 13.9 Å². The Morgan fingerprint density at radius 3 is 2.55 bits per heavy atom. The molecular weight excluding hydrogens is 294 g/mol. The molecule has 1 amide bonds. The molecule has 0 unspecified atom stereocenters.